The van der Waals surface area contributed by atoms with Crippen molar-refractivity contribution < 1.29 is 28.6 Å². The number of carbonyl (C=O) groups excluding carboxylic acids is 3. The molecule has 12 heteroatoms. The maximum absolute atomic E-state index is 14.8. The van der Waals surface area contributed by atoms with Crippen LogP contribution in [0.4, 0.5) is 4.79 Å². The number of ether oxygens (including phenoxy) is 3. The Kier molecular flexibility index (Phi) is 10.6. The smallest absolute Gasteiger partial charge is 0.326 e. The highest BCUT2D eigenvalue weighted by Gasteiger charge is 2.45. The van der Waals surface area contributed by atoms with Gasteiger partial charge in [0.25, 0.3) is 0 Å². The van der Waals surface area contributed by atoms with E-state index in [1.165, 1.54) is 9.80 Å². The Morgan fingerprint density at radius 3 is 2.12 bits per heavy atom. The van der Waals surface area contributed by atoms with Crippen LogP contribution in [0, 0.1) is 0 Å². The molecule has 0 aliphatic carbocycles. The first-order valence-electron chi connectivity index (χ1n) is 15.8. The Morgan fingerprint density at radius 1 is 0.938 bits per heavy atom. The van der Waals surface area contributed by atoms with Crippen molar-refractivity contribution in [3.8, 4) is 11.5 Å². The number of aliphatic imine (C=N–C) groups is 1. The number of rotatable bonds is 8. The highest BCUT2D eigenvalue weighted by atomic mass is 35.5. The van der Waals surface area contributed by atoms with Crippen LogP contribution in [0.3, 0.4) is 0 Å². The number of urea groups is 1. The quantitative estimate of drug-likeness (QED) is 0.237. The van der Waals surface area contributed by atoms with E-state index < -0.39 is 29.7 Å². The summed E-state index contributed by atoms with van der Waals surface area (Å²) in [5, 5.41) is 1.12. The molecule has 1 fully saturated rings. The standard InChI is InChI=1S/C36H40Cl2N4O6/c1-22(2)47-29-19-27(46-6)15-16-28(29)34-39-32(23-7-11-25(37)12-8-23)33(24-9-13-26(38)14-10-24)42(34)35(45)41-18-17-40(30(43)20-41)21-31(44)48-36(3,4)5/h7-16,19,22,32-33H,17-18,20-21H2,1-6H3/t32-,33+/m0/s1. The number of amides is 3. The second-order valence-electron chi connectivity index (χ2n) is 13.0. The molecule has 0 unspecified atom stereocenters. The van der Waals surface area contributed by atoms with Crippen molar-refractivity contribution in [3.05, 3.63) is 93.5 Å². The lowest BCUT2D eigenvalue weighted by molar-refractivity contribution is -0.159. The number of methoxy groups -OCH3 is 1. The van der Waals surface area contributed by atoms with Gasteiger partial charge < -0.3 is 24.0 Å². The molecule has 3 aromatic rings. The van der Waals surface area contributed by atoms with E-state index in [-0.39, 0.29) is 38.2 Å². The Morgan fingerprint density at radius 2 is 1.56 bits per heavy atom. The molecule has 0 N–H and O–H groups in total. The maximum Gasteiger partial charge on any atom is 0.326 e. The molecule has 0 aromatic heterocycles. The molecule has 10 nitrogen and oxygen atoms in total. The lowest BCUT2D eigenvalue weighted by Gasteiger charge is -2.38. The highest BCUT2D eigenvalue weighted by Crippen LogP contribution is 2.46. The Balaban J connectivity index is 1.57. The molecule has 0 spiro atoms. The van der Waals surface area contributed by atoms with E-state index in [4.69, 9.17) is 42.4 Å². The van der Waals surface area contributed by atoms with Crippen LogP contribution in [0.15, 0.2) is 71.7 Å². The summed E-state index contributed by atoms with van der Waals surface area (Å²) < 4.78 is 17.2. The van der Waals surface area contributed by atoms with Crippen LogP contribution in [0.1, 0.15) is 63.4 Å². The van der Waals surface area contributed by atoms with E-state index in [0.29, 0.717) is 32.9 Å². The third-order valence-corrected chi connectivity index (χ3v) is 8.32. The number of benzene rings is 3. The Bertz CT molecular complexity index is 1690. The van der Waals surface area contributed by atoms with Gasteiger partial charge in [0.2, 0.25) is 5.91 Å². The molecule has 3 amide bonds. The van der Waals surface area contributed by atoms with E-state index in [1.807, 2.05) is 44.2 Å². The SMILES string of the molecule is COc1ccc(C2=N[C@@H](c3ccc(Cl)cc3)[C@@H](c3ccc(Cl)cc3)N2C(=O)N2CCN(CC(=O)OC(C)(C)C)C(=O)C2)c(OC(C)C)c1. The van der Waals surface area contributed by atoms with E-state index in [2.05, 4.69) is 0 Å². The van der Waals surface area contributed by atoms with Crippen LogP contribution < -0.4 is 9.47 Å². The van der Waals surface area contributed by atoms with Gasteiger partial charge in [0.05, 0.1) is 24.8 Å². The minimum absolute atomic E-state index is 0.167. The molecular formula is C36H40Cl2N4O6. The Labute approximate surface area is 291 Å². The Hall–Kier alpha value is -4.28. The fraction of sp³-hybridized carbons (Fsp3) is 0.389. The average molecular weight is 696 g/mol. The highest BCUT2D eigenvalue weighted by molar-refractivity contribution is 6.30. The first-order chi connectivity index (χ1) is 22.7. The van der Waals surface area contributed by atoms with Crippen LogP contribution in [-0.2, 0) is 14.3 Å². The summed E-state index contributed by atoms with van der Waals surface area (Å²) in [6.45, 7) is 9.10. The predicted molar refractivity (Wildman–Crippen MR) is 185 cm³/mol. The van der Waals surface area contributed by atoms with Crippen molar-refractivity contribution in [1.29, 1.82) is 0 Å². The predicted octanol–water partition coefficient (Wildman–Crippen LogP) is 6.94. The number of halogens is 2. The van der Waals surface area contributed by atoms with E-state index in [1.54, 1.807) is 69.2 Å². The van der Waals surface area contributed by atoms with Crippen molar-refractivity contribution in [1.82, 2.24) is 14.7 Å². The number of piperazine rings is 1. The summed E-state index contributed by atoms with van der Waals surface area (Å²) in [5.41, 5.74) is 1.54. The number of amidine groups is 1. The molecule has 5 rings (SSSR count). The van der Waals surface area contributed by atoms with Gasteiger partial charge in [-0.05, 0) is 82.1 Å². The molecule has 2 atom stereocenters. The zero-order valence-electron chi connectivity index (χ0n) is 27.9. The average Bonchev–Trinajstić information content (AvgIpc) is 3.41. The molecule has 0 radical (unpaired) electrons. The molecule has 2 aliphatic heterocycles. The molecule has 1 saturated heterocycles. The van der Waals surface area contributed by atoms with Crippen LogP contribution in [0.2, 0.25) is 10.0 Å². The van der Waals surface area contributed by atoms with Gasteiger partial charge >= 0.3 is 12.0 Å². The number of nitrogens with zero attached hydrogens (tertiary/aromatic N) is 4. The summed E-state index contributed by atoms with van der Waals surface area (Å²) in [7, 11) is 1.57. The molecule has 48 heavy (non-hydrogen) atoms. The minimum Gasteiger partial charge on any atom is -0.497 e. The third-order valence-electron chi connectivity index (χ3n) is 7.82. The van der Waals surface area contributed by atoms with Crippen molar-refractivity contribution in [2.45, 2.75) is 58.4 Å². The molecule has 2 heterocycles. The molecule has 0 saturated carbocycles. The first-order valence-corrected chi connectivity index (χ1v) is 16.5. The molecule has 0 bridgehead atoms. The van der Waals surface area contributed by atoms with Gasteiger partial charge in [0.1, 0.15) is 42.1 Å². The summed E-state index contributed by atoms with van der Waals surface area (Å²) >= 11 is 12.6. The second kappa shape index (κ2) is 14.5. The topological polar surface area (TPSA) is 101 Å². The van der Waals surface area contributed by atoms with Gasteiger partial charge in [0.15, 0.2) is 0 Å². The third kappa shape index (κ3) is 8.05. The maximum atomic E-state index is 14.8. The number of hydrogen-bond donors (Lipinski definition) is 0. The fourth-order valence-corrected chi connectivity index (χ4v) is 5.99. The van der Waals surface area contributed by atoms with Crippen LogP contribution in [0.25, 0.3) is 0 Å². The molecule has 3 aromatic carbocycles. The van der Waals surface area contributed by atoms with Crippen molar-refractivity contribution in [2.75, 3.05) is 33.3 Å². The summed E-state index contributed by atoms with van der Waals surface area (Å²) in [4.78, 5) is 50.4. The first kappa shape index (κ1) is 35.0. The van der Waals surface area contributed by atoms with E-state index >= 15 is 0 Å². The van der Waals surface area contributed by atoms with Gasteiger partial charge in [-0.15, -0.1) is 0 Å². The summed E-state index contributed by atoms with van der Waals surface area (Å²) in [5.74, 6) is 0.591. The van der Waals surface area contributed by atoms with Crippen molar-refractivity contribution >= 4 is 46.9 Å². The zero-order chi connectivity index (χ0) is 34.7. The van der Waals surface area contributed by atoms with Crippen molar-refractivity contribution in [3.63, 3.8) is 0 Å². The second-order valence-corrected chi connectivity index (χ2v) is 13.8. The lowest BCUT2D eigenvalue weighted by Crippen LogP contribution is -2.57. The molecule has 2 aliphatic rings. The molecule has 254 valence electrons. The normalized spacial score (nSPS) is 18.2. The van der Waals surface area contributed by atoms with E-state index in [0.717, 1.165) is 11.1 Å². The van der Waals surface area contributed by atoms with Gasteiger partial charge in [-0.3, -0.25) is 19.5 Å². The lowest BCUT2D eigenvalue weighted by atomic mass is 9.93. The fourth-order valence-electron chi connectivity index (χ4n) is 5.74. The van der Waals surface area contributed by atoms with E-state index in [9.17, 15) is 14.4 Å². The summed E-state index contributed by atoms with van der Waals surface area (Å²) in [6, 6.07) is 18.5. The molecular weight excluding hydrogens is 655 g/mol. The zero-order valence-corrected chi connectivity index (χ0v) is 29.4. The summed E-state index contributed by atoms with van der Waals surface area (Å²) in [6.07, 6.45) is -0.184. The van der Waals surface area contributed by atoms with Gasteiger partial charge in [-0.25, -0.2) is 4.79 Å². The van der Waals surface area contributed by atoms with Gasteiger partial charge in [0, 0.05) is 29.2 Å². The largest absolute Gasteiger partial charge is 0.497 e. The van der Waals surface area contributed by atoms with Gasteiger partial charge in [-0.1, -0.05) is 47.5 Å². The minimum atomic E-state index is -0.680. The van der Waals surface area contributed by atoms with Gasteiger partial charge in [-0.2, -0.15) is 0 Å². The van der Waals surface area contributed by atoms with Crippen molar-refractivity contribution in [2.24, 2.45) is 4.99 Å². The number of hydrogen-bond acceptors (Lipinski definition) is 7. The van der Waals surface area contributed by atoms with Crippen LogP contribution in [-0.4, -0.2) is 83.4 Å². The number of carbonyl (C=O) groups is 3. The van der Waals surface area contributed by atoms with Crippen LogP contribution >= 0.6 is 23.2 Å². The number of esters is 1. The monoisotopic (exact) mass is 694 g/mol. The van der Waals surface area contributed by atoms with Crippen LogP contribution in [0.5, 0.6) is 11.5 Å².